The van der Waals surface area contributed by atoms with Gasteiger partial charge in [-0.25, -0.2) is 0 Å². The lowest BCUT2D eigenvalue weighted by molar-refractivity contribution is -0.336. The molecule has 0 spiro atoms. The molecule has 5 rings (SSSR count). The molecule has 42 heavy (non-hydrogen) atoms. The number of hydrogen-bond acceptors (Lipinski definition) is 15. The zero-order valence-corrected chi connectivity index (χ0v) is 22.2. The van der Waals surface area contributed by atoms with E-state index in [2.05, 4.69) is 0 Å². The van der Waals surface area contributed by atoms with Gasteiger partial charge in [-0.05, 0) is 24.6 Å². The van der Waals surface area contributed by atoms with Crippen LogP contribution in [0.3, 0.4) is 0 Å². The third-order valence-corrected chi connectivity index (χ3v) is 7.71. The fraction of sp³-hybridized carbons (Fsp3) is 0.556. The molecule has 2 fully saturated rings. The van der Waals surface area contributed by atoms with Gasteiger partial charge in [-0.3, -0.25) is 0 Å². The molecule has 2 saturated heterocycles. The van der Waals surface area contributed by atoms with Gasteiger partial charge in [0, 0.05) is 24.1 Å². The third kappa shape index (κ3) is 5.80. The van der Waals surface area contributed by atoms with E-state index in [9.17, 15) is 51.1 Å². The molecule has 3 heterocycles. The minimum atomic E-state index is -1.78. The first kappa shape index (κ1) is 30.5. The Bertz CT molecular complexity index is 1260. The number of ether oxygens (including phenoxy) is 5. The molecule has 2 aromatic carbocycles. The summed E-state index contributed by atoms with van der Waals surface area (Å²) in [7, 11) is 0. The Balaban J connectivity index is 1.36. The van der Waals surface area contributed by atoms with Crippen LogP contribution in [0.25, 0.3) is 0 Å². The lowest BCUT2D eigenvalue weighted by atomic mass is 9.93. The Labute approximate surface area is 238 Å². The van der Waals surface area contributed by atoms with Gasteiger partial charge in [-0.2, -0.15) is 0 Å². The van der Waals surface area contributed by atoms with Crippen molar-refractivity contribution in [3.8, 4) is 28.7 Å². The van der Waals surface area contributed by atoms with Crippen LogP contribution in [0, 0.1) is 0 Å². The predicted octanol–water partition coefficient (Wildman–Crippen LogP) is -1.78. The molecule has 2 unspecified atom stereocenters. The van der Waals surface area contributed by atoms with Gasteiger partial charge in [-0.15, -0.1) is 0 Å². The van der Waals surface area contributed by atoms with Crippen molar-refractivity contribution in [2.45, 2.75) is 87.0 Å². The van der Waals surface area contributed by atoms with Crippen molar-refractivity contribution in [3.63, 3.8) is 0 Å². The van der Waals surface area contributed by atoms with Gasteiger partial charge < -0.3 is 74.7 Å². The molecule has 15 heteroatoms. The number of aliphatic hydroxyl groups is 6. The summed E-state index contributed by atoms with van der Waals surface area (Å²) in [6, 6.07) is 6.26. The maximum Gasteiger partial charge on any atom is 0.187 e. The molecule has 15 nitrogen and oxygen atoms in total. The zero-order valence-electron chi connectivity index (χ0n) is 22.2. The lowest BCUT2D eigenvalue weighted by Gasteiger charge is -2.44. The maximum atomic E-state index is 10.7. The van der Waals surface area contributed by atoms with Gasteiger partial charge in [0.25, 0.3) is 0 Å². The van der Waals surface area contributed by atoms with Gasteiger partial charge in [0.05, 0.1) is 12.7 Å². The molecule has 0 bridgehead atoms. The van der Waals surface area contributed by atoms with E-state index in [4.69, 9.17) is 23.7 Å². The first-order valence-electron chi connectivity index (χ1n) is 13.3. The summed E-state index contributed by atoms with van der Waals surface area (Å²) in [5.74, 6) is -1.30. The Morgan fingerprint density at radius 1 is 0.738 bits per heavy atom. The lowest BCUT2D eigenvalue weighted by Crippen LogP contribution is -2.61. The monoisotopic (exact) mass is 598 g/mol. The second kappa shape index (κ2) is 12.0. The van der Waals surface area contributed by atoms with Gasteiger partial charge in [0.2, 0.25) is 0 Å². The van der Waals surface area contributed by atoms with E-state index < -0.39 is 91.7 Å². The highest BCUT2D eigenvalue weighted by Gasteiger charge is 2.48. The van der Waals surface area contributed by atoms with Crippen LogP contribution in [0.2, 0.25) is 0 Å². The highest BCUT2D eigenvalue weighted by Crippen LogP contribution is 2.44. The number of benzene rings is 2. The Morgan fingerprint density at radius 3 is 2.14 bits per heavy atom. The summed E-state index contributed by atoms with van der Waals surface area (Å²) in [6.45, 7) is 0.960. The first-order valence-corrected chi connectivity index (χ1v) is 13.3. The second-order valence-electron chi connectivity index (χ2n) is 10.6. The van der Waals surface area contributed by atoms with Crippen molar-refractivity contribution in [1.82, 2.24) is 0 Å². The predicted molar refractivity (Wildman–Crippen MR) is 136 cm³/mol. The van der Waals surface area contributed by atoms with Crippen LogP contribution in [-0.4, -0.2) is 125 Å². The van der Waals surface area contributed by atoms with Crippen LogP contribution in [0.15, 0.2) is 30.3 Å². The van der Waals surface area contributed by atoms with E-state index >= 15 is 0 Å². The number of phenolic OH excluding ortho intramolecular Hbond substituents is 4. The van der Waals surface area contributed by atoms with Gasteiger partial charge in [0.1, 0.15) is 66.1 Å². The molecule has 3 aliphatic rings. The molecular formula is C27H34O15. The largest absolute Gasteiger partial charge is 0.508 e. The average Bonchev–Trinajstić information content (AvgIpc) is 2.95. The van der Waals surface area contributed by atoms with Crippen molar-refractivity contribution < 1.29 is 74.7 Å². The van der Waals surface area contributed by atoms with E-state index in [1.54, 1.807) is 0 Å². The molecule has 3 aliphatic heterocycles. The number of rotatable bonds is 6. The summed E-state index contributed by atoms with van der Waals surface area (Å²) in [4.78, 5) is 0. The maximum absolute atomic E-state index is 10.7. The highest BCUT2D eigenvalue weighted by atomic mass is 16.7. The normalized spacial score (nSPS) is 38.5. The van der Waals surface area contributed by atoms with E-state index in [-0.39, 0.29) is 29.2 Å². The topological polar surface area (TPSA) is 248 Å². The van der Waals surface area contributed by atoms with Crippen LogP contribution in [0.5, 0.6) is 28.7 Å². The fourth-order valence-corrected chi connectivity index (χ4v) is 5.25. The van der Waals surface area contributed by atoms with Crippen LogP contribution in [0.1, 0.15) is 24.2 Å². The zero-order chi connectivity index (χ0) is 30.5. The van der Waals surface area contributed by atoms with Crippen molar-refractivity contribution in [2.75, 3.05) is 6.61 Å². The van der Waals surface area contributed by atoms with E-state index in [1.165, 1.54) is 31.2 Å². The first-order chi connectivity index (χ1) is 19.8. The molecular weight excluding hydrogens is 564 g/mol. The molecule has 2 aromatic rings. The number of aromatic hydroxyl groups is 4. The molecule has 10 N–H and O–H groups in total. The fourth-order valence-electron chi connectivity index (χ4n) is 5.25. The standard InChI is InChI=1S/C27H34O15/c1-9-19(32)21(34)23(36)26(39-9)38-8-18-20(33)22(35)24(37)27(42-18)41-17-7-12-14(30)5-11(28)6-16(12)40-25(17)10-2-3-13(29)15(31)4-10/h2-6,9,17-37H,7-8H2,1H3/t9-,17?,18+,19-,20+,21+,22-,23+,24+,25?,26+,27+/m0/s1. The smallest absolute Gasteiger partial charge is 0.187 e. The average molecular weight is 599 g/mol. The van der Waals surface area contributed by atoms with Crippen molar-refractivity contribution >= 4 is 0 Å². The van der Waals surface area contributed by atoms with Crippen LogP contribution >= 0.6 is 0 Å². The van der Waals surface area contributed by atoms with E-state index in [0.717, 1.165) is 6.07 Å². The summed E-state index contributed by atoms with van der Waals surface area (Å²) >= 11 is 0. The van der Waals surface area contributed by atoms with E-state index in [0.29, 0.717) is 5.56 Å². The van der Waals surface area contributed by atoms with Gasteiger partial charge >= 0.3 is 0 Å². The van der Waals surface area contributed by atoms with Gasteiger partial charge in [0.15, 0.2) is 30.2 Å². The number of fused-ring (bicyclic) bond motifs is 1. The SMILES string of the molecule is C[C@@H]1O[C@@H](OC[C@H]2O[C@@H](OC3Cc4c(O)cc(O)cc4OC3c3ccc(O)c(O)c3)[C@H](O)[C@@H](O)[C@@H]2O)[C@H](O)[C@H](O)[C@H]1O. The molecule has 0 saturated carbocycles. The van der Waals surface area contributed by atoms with Gasteiger partial charge in [-0.1, -0.05) is 6.07 Å². The van der Waals surface area contributed by atoms with Crippen molar-refractivity contribution in [3.05, 3.63) is 41.5 Å². The minimum Gasteiger partial charge on any atom is -0.508 e. The van der Waals surface area contributed by atoms with Crippen molar-refractivity contribution in [2.24, 2.45) is 0 Å². The quantitative estimate of drug-likeness (QED) is 0.165. The molecule has 0 aliphatic carbocycles. The number of phenols is 4. The summed E-state index contributed by atoms with van der Waals surface area (Å²) in [6.07, 6.45) is -17.2. The summed E-state index contributed by atoms with van der Waals surface area (Å²) in [5.41, 5.74) is 0.564. The molecule has 12 atom stereocenters. The molecule has 0 aromatic heterocycles. The number of aliphatic hydroxyl groups excluding tert-OH is 6. The van der Waals surface area contributed by atoms with Crippen LogP contribution < -0.4 is 4.74 Å². The summed E-state index contributed by atoms with van der Waals surface area (Å²) in [5, 5.41) is 102. The van der Waals surface area contributed by atoms with Crippen LogP contribution in [0.4, 0.5) is 0 Å². The second-order valence-corrected chi connectivity index (χ2v) is 10.6. The number of hydrogen-bond donors (Lipinski definition) is 10. The minimum absolute atomic E-state index is 0.0552. The molecule has 232 valence electrons. The Kier molecular flexibility index (Phi) is 8.69. The third-order valence-electron chi connectivity index (χ3n) is 7.71. The summed E-state index contributed by atoms with van der Waals surface area (Å²) < 4.78 is 28.7. The molecule has 0 amide bonds. The Hall–Kier alpha value is -2.96. The highest BCUT2D eigenvalue weighted by molar-refractivity contribution is 5.52. The Morgan fingerprint density at radius 2 is 1.43 bits per heavy atom. The van der Waals surface area contributed by atoms with Crippen LogP contribution in [-0.2, 0) is 25.4 Å². The van der Waals surface area contributed by atoms with Crippen molar-refractivity contribution in [1.29, 1.82) is 0 Å². The van der Waals surface area contributed by atoms with E-state index in [1.807, 2.05) is 0 Å². The molecule has 0 radical (unpaired) electrons.